The summed E-state index contributed by atoms with van der Waals surface area (Å²) >= 11 is 0. The molecule has 0 atom stereocenters. The third-order valence-electron chi connectivity index (χ3n) is 3.67. The number of rotatable bonds is 6. The van der Waals surface area contributed by atoms with Crippen LogP contribution in [0, 0.1) is 5.82 Å². The van der Waals surface area contributed by atoms with E-state index >= 15 is 0 Å². The van der Waals surface area contributed by atoms with Crippen molar-refractivity contribution in [2.45, 2.75) is 6.54 Å². The van der Waals surface area contributed by atoms with Crippen molar-refractivity contribution in [3.05, 3.63) is 77.7 Å². The third-order valence-corrected chi connectivity index (χ3v) is 3.67. The Morgan fingerprint density at radius 3 is 2.54 bits per heavy atom. The van der Waals surface area contributed by atoms with Crippen LogP contribution in [-0.2, 0) is 6.54 Å². The van der Waals surface area contributed by atoms with Crippen LogP contribution in [0.1, 0.15) is 16.1 Å². The fourth-order valence-electron chi connectivity index (χ4n) is 2.31. The highest BCUT2D eigenvalue weighted by Gasteiger charge is 2.11. The Morgan fingerprint density at radius 2 is 1.81 bits per heavy atom. The van der Waals surface area contributed by atoms with Crippen molar-refractivity contribution in [3.63, 3.8) is 0 Å². The predicted molar refractivity (Wildman–Crippen MR) is 96.7 cm³/mol. The summed E-state index contributed by atoms with van der Waals surface area (Å²) in [6.07, 6.45) is 0. The first kappa shape index (κ1) is 17.3. The summed E-state index contributed by atoms with van der Waals surface area (Å²) in [6.45, 7) is 0.272. The van der Waals surface area contributed by atoms with Crippen LogP contribution in [0.25, 0.3) is 0 Å². The smallest absolute Gasteiger partial charge is 0.276 e. The van der Waals surface area contributed by atoms with Gasteiger partial charge in [-0.1, -0.05) is 30.3 Å². The zero-order valence-electron chi connectivity index (χ0n) is 14.1. The van der Waals surface area contributed by atoms with Gasteiger partial charge in [0.25, 0.3) is 5.91 Å². The van der Waals surface area contributed by atoms with Crippen LogP contribution in [-0.4, -0.2) is 23.2 Å². The number of nitrogens with zero attached hydrogens (tertiary/aromatic N) is 2. The van der Waals surface area contributed by atoms with Crippen LogP contribution in [0.4, 0.5) is 15.9 Å². The molecule has 0 saturated carbocycles. The maximum absolute atomic E-state index is 13.6. The number of halogens is 1. The summed E-state index contributed by atoms with van der Waals surface area (Å²) in [5.74, 6) is 0.308. The van der Waals surface area contributed by atoms with E-state index in [0.29, 0.717) is 22.8 Å². The van der Waals surface area contributed by atoms with Crippen molar-refractivity contribution >= 4 is 17.4 Å². The molecule has 0 spiro atoms. The molecule has 0 unspecified atom stereocenters. The molecule has 1 amide bonds. The number of aromatic nitrogens is 2. The predicted octanol–water partition coefficient (Wildman–Crippen LogP) is 3.49. The summed E-state index contributed by atoms with van der Waals surface area (Å²) in [5.41, 5.74) is 1.23. The van der Waals surface area contributed by atoms with Crippen LogP contribution < -0.4 is 15.4 Å². The fourth-order valence-corrected chi connectivity index (χ4v) is 2.31. The number of hydrogen-bond donors (Lipinski definition) is 2. The molecule has 0 fully saturated rings. The Hall–Kier alpha value is -3.48. The zero-order chi connectivity index (χ0) is 18.4. The van der Waals surface area contributed by atoms with Crippen molar-refractivity contribution in [1.82, 2.24) is 10.2 Å². The van der Waals surface area contributed by atoms with E-state index in [9.17, 15) is 9.18 Å². The molecule has 0 aliphatic heterocycles. The van der Waals surface area contributed by atoms with Gasteiger partial charge in [-0.3, -0.25) is 4.79 Å². The summed E-state index contributed by atoms with van der Waals surface area (Å²) < 4.78 is 18.8. The van der Waals surface area contributed by atoms with Crippen molar-refractivity contribution < 1.29 is 13.9 Å². The molecule has 0 aliphatic rings. The molecule has 3 rings (SSSR count). The van der Waals surface area contributed by atoms with Gasteiger partial charge in [0.05, 0.1) is 12.8 Å². The summed E-state index contributed by atoms with van der Waals surface area (Å²) in [5, 5.41) is 13.6. The van der Waals surface area contributed by atoms with Gasteiger partial charge in [0.15, 0.2) is 5.69 Å². The summed E-state index contributed by atoms with van der Waals surface area (Å²) in [4.78, 5) is 12.3. The molecule has 1 aromatic heterocycles. The number of carbonyl (C=O) groups excluding carboxylic acids is 1. The number of anilines is 2. The molecule has 0 saturated heterocycles. The van der Waals surface area contributed by atoms with Gasteiger partial charge in [-0.25, -0.2) is 4.39 Å². The van der Waals surface area contributed by atoms with E-state index in [-0.39, 0.29) is 18.1 Å². The minimum absolute atomic E-state index is 0.160. The lowest BCUT2D eigenvalue weighted by Gasteiger charge is -2.09. The lowest BCUT2D eigenvalue weighted by Crippen LogP contribution is -2.15. The minimum Gasteiger partial charge on any atom is -0.495 e. The highest BCUT2D eigenvalue weighted by atomic mass is 19.1. The van der Waals surface area contributed by atoms with E-state index < -0.39 is 5.91 Å². The van der Waals surface area contributed by atoms with Gasteiger partial charge in [-0.15, -0.1) is 10.2 Å². The Morgan fingerprint density at radius 1 is 1.04 bits per heavy atom. The number of hydrogen-bond acceptors (Lipinski definition) is 5. The number of nitrogens with one attached hydrogen (secondary N) is 2. The Balaban J connectivity index is 1.63. The SMILES string of the molecule is COc1ccccc1NC(=O)c1ccc(NCc2ccccc2F)nn1. The third kappa shape index (κ3) is 4.13. The topological polar surface area (TPSA) is 76.1 Å². The van der Waals surface area contributed by atoms with Crippen LogP contribution in [0.3, 0.4) is 0 Å². The summed E-state index contributed by atoms with van der Waals surface area (Å²) in [6, 6.07) is 16.7. The number of amides is 1. The standard InChI is InChI=1S/C19H17FN4O2/c1-26-17-9-5-4-8-15(17)22-19(25)16-10-11-18(24-23-16)21-12-13-6-2-3-7-14(13)20/h2-11H,12H2,1H3,(H,21,24)(H,22,25). The first-order valence-electron chi connectivity index (χ1n) is 7.93. The van der Waals surface area contributed by atoms with E-state index in [4.69, 9.17) is 4.74 Å². The summed E-state index contributed by atoms with van der Waals surface area (Å²) in [7, 11) is 1.53. The first-order chi connectivity index (χ1) is 12.7. The number of ether oxygens (including phenoxy) is 1. The molecule has 0 radical (unpaired) electrons. The number of methoxy groups -OCH3 is 1. The molecule has 7 heteroatoms. The van der Waals surface area contributed by atoms with Gasteiger partial charge in [0.1, 0.15) is 17.4 Å². The van der Waals surface area contributed by atoms with Gasteiger partial charge < -0.3 is 15.4 Å². The van der Waals surface area contributed by atoms with E-state index in [1.54, 1.807) is 48.5 Å². The maximum atomic E-state index is 13.6. The lowest BCUT2D eigenvalue weighted by atomic mass is 10.2. The maximum Gasteiger partial charge on any atom is 0.276 e. The molecule has 0 aliphatic carbocycles. The van der Waals surface area contributed by atoms with Crippen molar-refractivity contribution in [2.75, 3.05) is 17.7 Å². The molecule has 3 aromatic rings. The lowest BCUT2D eigenvalue weighted by molar-refractivity contribution is 0.102. The van der Waals surface area contributed by atoms with Gasteiger partial charge in [-0.2, -0.15) is 0 Å². The van der Waals surface area contributed by atoms with Crippen LogP contribution in [0.2, 0.25) is 0 Å². The Kier molecular flexibility index (Phi) is 5.38. The Labute approximate surface area is 150 Å². The van der Waals surface area contributed by atoms with Gasteiger partial charge in [0.2, 0.25) is 0 Å². The first-order valence-corrected chi connectivity index (χ1v) is 7.93. The fraction of sp³-hybridized carbons (Fsp3) is 0.105. The Bertz CT molecular complexity index is 900. The number of carbonyl (C=O) groups is 1. The van der Waals surface area contributed by atoms with Gasteiger partial charge in [0, 0.05) is 12.1 Å². The number of para-hydroxylation sites is 2. The normalized spacial score (nSPS) is 10.2. The average Bonchev–Trinajstić information content (AvgIpc) is 2.68. The molecular formula is C19H17FN4O2. The van der Waals surface area contributed by atoms with E-state index in [0.717, 1.165) is 0 Å². The van der Waals surface area contributed by atoms with Gasteiger partial charge >= 0.3 is 0 Å². The van der Waals surface area contributed by atoms with E-state index in [1.165, 1.54) is 13.2 Å². The monoisotopic (exact) mass is 352 g/mol. The molecule has 26 heavy (non-hydrogen) atoms. The second-order valence-electron chi connectivity index (χ2n) is 5.40. The largest absolute Gasteiger partial charge is 0.495 e. The minimum atomic E-state index is -0.400. The average molecular weight is 352 g/mol. The molecule has 2 N–H and O–H groups in total. The van der Waals surface area contributed by atoms with Crippen molar-refractivity contribution in [1.29, 1.82) is 0 Å². The quantitative estimate of drug-likeness (QED) is 0.710. The number of benzene rings is 2. The van der Waals surface area contributed by atoms with Crippen LogP contribution >= 0.6 is 0 Å². The van der Waals surface area contributed by atoms with E-state index in [1.807, 2.05) is 6.07 Å². The molecule has 0 bridgehead atoms. The van der Waals surface area contributed by atoms with Crippen LogP contribution in [0.5, 0.6) is 5.75 Å². The molecule has 1 heterocycles. The highest BCUT2D eigenvalue weighted by Crippen LogP contribution is 2.23. The second-order valence-corrected chi connectivity index (χ2v) is 5.40. The molecule has 6 nitrogen and oxygen atoms in total. The van der Waals surface area contributed by atoms with Crippen LogP contribution in [0.15, 0.2) is 60.7 Å². The van der Waals surface area contributed by atoms with Crippen molar-refractivity contribution in [2.24, 2.45) is 0 Å². The van der Waals surface area contributed by atoms with Gasteiger partial charge in [-0.05, 0) is 30.3 Å². The second kappa shape index (κ2) is 8.06. The molecule has 2 aromatic carbocycles. The molecular weight excluding hydrogens is 335 g/mol. The highest BCUT2D eigenvalue weighted by molar-refractivity contribution is 6.03. The zero-order valence-corrected chi connectivity index (χ0v) is 14.1. The molecule has 132 valence electrons. The van der Waals surface area contributed by atoms with E-state index in [2.05, 4.69) is 20.8 Å². The van der Waals surface area contributed by atoms with Crippen molar-refractivity contribution in [3.8, 4) is 5.75 Å².